The molecular weight excluding hydrogens is 492 g/mol. The van der Waals surface area contributed by atoms with Crippen molar-refractivity contribution in [2.24, 2.45) is 4.99 Å². The van der Waals surface area contributed by atoms with Crippen LogP contribution in [0.5, 0.6) is 0 Å². The molecule has 0 N–H and O–H groups in total. The summed E-state index contributed by atoms with van der Waals surface area (Å²) in [5.74, 6) is 0. The molecule has 0 radical (unpaired) electrons. The van der Waals surface area contributed by atoms with Gasteiger partial charge in [0, 0.05) is 17.3 Å². The summed E-state index contributed by atoms with van der Waals surface area (Å²) in [5, 5.41) is 0.979. The van der Waals surface area contributed by atoms with Gasteiger partial charge in [-0.3, -0.25) is 4.99 Å². The van der Waals surface area contributed by atoms with E-state index in [0.29, 0.717) is 0 Å². The topological polar surface area (TPSA) is 25.2 Å². The molecule has 0 amide bonds. The van der Waals surface area contributed by atoms with Gasteiger partial charge in [0.25, 0.3) is 0 Å². The monoisotopic (exact) mass is 522 g/mol. The Bertz CT molecular complexity index is 1790. The molecule has 6 rings (SSSR count). The molecule has 0 saturated carbocycles. The summed E-state index contributed by atoms with van der Waals surface area (Å²) in [7, 11) is 0. The first-order valence-electron chi connectivity index (χ1n) is 13.3. The summed E-state index contributed by atoms with van der Waals surface area (Å²) in [6.07, 6.45) is 1.96. The lowest BCUT2D eigenvalue weighted by atomic mass is 9.86. The van der Waals surface area contributed by atoms with Crippen molar-refractivity contribution in [2.45, 2.75) is 26.2 Å². The van der Waals surface area contributed by atoms with Crippen molar-refractivity contribution in [3.8, 4) is 32.8 Å². The number of thiazole rings is 1. The van der Waals surface area contributed by atoms with Gasteiger partial charge in [-0.25, -0.2) is 4.98 Å². The molecule has 6 aromatic rings. The highest BCUT2D eigenvalue weighted by Crippen LogP contribution is 2.39. The van der Waals surface area contributed by atoms with E-state index in [-0.39, 0.29) is 5.41 Å². The molecule has 0 aliphatic rings. The van der Waals surface area contributed by atoms with E-state index in [1.54, 1.807) is 11.3 Å². The third kappa shape index (κ3) is 5.32. The fourth-order valence-electron chi connectivity index (χ4n) is 4.79. The molecule has 190 valence electrons. The molecule has 0 unspecified atom stereocenters. The van der Waals surface area contributed by atoms with Gasteiger partial charge >= 0.3 is 0 Å². The summed E-state index contributed by atoms with van der Waals surface area (Å²) in [4.78, 5) is 10.1. The first-order chi connectivity index (χ1) is 19.0. The van der Waals surface area contributed by atoms with E-state index < -0.39 is 0 Å². The Kier molecular flexibility index (Phi) is 6.68. The average Bonchev–Trinajstić information content (AvgIpc) is 3.41. The summed E-state index contributed by atoms with van der Waals surface area (Å²) >= 11 is 1.72. The van der Waals surface area contributed by atoms with Crippen LogP contribution in [0.25, 0.3) is 43.0 Å². The Morgan fingerprint density at radius 1 is 0.641 bits per heavy atom. The molecule has 0 atom stereocenters. The van der Waals surface area contributed by atoms with E-state index in [1.807, 2.05) is 12.3 Å². The van der Waals surface area contributed by atoms with Crippen molar-refractivity contribution in [1.29, 1.82) is 0 Å². The molecular formula is C36H30N2S. The minimum absolute atomic E-state index is 0.0983. The minimum atomic E-state index is 0.0983. The zero-order valence-corrected chi connectivity index (χ0v) is 23.2. The maximum atomic E-state index is 5.17. The molecule has 1 heterocycles. The van der Waals surface area contributed by atoms with E-state index in [9.17, 15) is 0 Å². The third-order valence-electron chi connectivity index (χ3n) is 6.94. The van der Waals surface area contributed by atoms with Crippen LogP contribution in [-0.4, -0.2) is 11.2 Å². The van der Waals surface area contributed by atoms with Crippen LogP contribution in [0.15, 0.2) is 126 Å². The standard InChI is InChI=1S/C36H30N2S/c1-36(2,3)29-17-9-12-25(22-29)24-37-32-20-8-7-18-31(32)35-38-34-30(19-11-21-33(34)39-35)28-16-10-15-27(23-28)26-13-5-4-6-14-26/h4-24H,1-3H3. The Balaban J connectivity index is 1.38. The Hall–Kier alpha value is -4.34. The number of para-hydroxylation sites is 2. The SMILES string of the molecule is CC(C)(C)c1cccc(C=Nc2ccccc2-c2nc3c(-c4cccc(-c5ccccc5)c4)cccc3s2)c1. The predicted molar refractivity (Wildman–Crippen MR) is 168 cm³/mol. The zero-order chi connectivity index (χ0) is 26.8. The molecule has 0 aliphatic heterocycles. The van der Waals surface area contributed by atoms with Crippen molar-refractivity contribution < 1.29 is 0 Å². The summed E-state index contributed by atoms with van der Waals surface area (Å²) in [6.45, 7) is 6.70. The first-order valence-corrected chi connectivity index (χ1v) is 14.1. The summed E-state index contributed by atoms with van der Waals surface area (Å²) < 4.78 is 1.17. The third-order valence-corrected chi connectivity index (χ3v) is 7.99. The zero-order valence-electron chi connectivity index (χ0n) is 22.4. The summed E-state index contributed by atoms with van der Waals surface area (Å²) in [6, 6.07) is 42.6. The smallest absolute Gasteiger partial charge is 0.126 e. The Labute approximate surface area is 234 Å². The lowest BCUT2D eigenvalue weighted by Gasteiger charge is -2.19. The maximum Gasteiger partial charge on any atom is 0.126 e. The van der Waals surface area contributed by atoms with Crippen LogP contribution in [0.1, 0.15) is 31.9 Å². The highest BCUT2D eigenvalue weighted by molar-refractivity contribution is 7.21. The van der Waals surface area contributed by atoms with Gasteiger partial charge in [-0.1, -0.05) is 112 Å². The molecule has 0 fully saturated rings. The van der Waals surface area contributed by atoms with Gasteiger partial charge in [-0.05, 0) is 63.6 Å². The van der Waals surface area contributed by atoms with Crippen molar-refractivity contribution in [3.05, 3.63) is 132 Å². The lowest BCUT2D eigenvalue weighted by molar-refractivity contribution is 0.590. The average molecular weight is 523 g/mol. The van der Waals surface area contributed by atoms with Gasteiger partial charge in [0.2, 0.25) is 0 Å². The van der Waals surface area contributed by atoms with E-state index in [2.05, 4.69) is 136 Å². The Morgan fingerprint density at radius 2 is 1.33 bits per heavy atom. The number of aliphatic imine (C=N–C) groups is 1. The van der Waals surface area contributed by atoms with Gasteiger partial charge in [0.15, 0.2) is 0 Å². The molecule has 3 heteroatoms. The largest absolute Gasteiger partial charge is 0.256 e. The first kappa shape index (κ1) is 25.0. The molecule has 0 bridgehead atoms. The van der Waals surface area contributed by atoms with Gasteiger partial charge in [-0.15, -0.1) is 11.3 Å². The second-order valence-corrected chi connectivity index (χ2v) is 11.8. The number of rotatable bonds is 5. The molecule has 1 aromatic heterocycles. The van der Waals surface area contributed by atoms with Crippen LogP contribution in [0.4, 0.5) is 5.69 Å². The van der Waals surface area contributed by atoms with Crippen LogP contribution in [-0.2, 0) is 5.41 Å². The van der Waals surface area contributed by atoms with Crippen LogP contribution >= 0.6 is 11.3 Å². The van der Waals surface area contributed by atoms with Crippen molar-refractivity contribution in [2.75, 3.05) is 0 Å². The van der Waals surface area contributed by atoms with Gasteiger partial charge in [0.1, 0.15) is 5.01 Å². The van der Waals surface area contributed by atoms with Crippen LogP contribution < -0.4 is 0 Å². The normalized spacial score (nSPS) is 11.9. The number of fused-ring (bicyclic) bond motifs is 1. The van der Waals surface area contributed by atoms with E-state index >= 15 is 0 Å². The molecule has 39 heavy (non-hydrogen) atoms. The fraction of sp³-hybridized carbons (Fsp3) is 0.111. The predicted octanol–water partition coefficient (Wildman–Crippen LogP) is 10.3. The number of benzene rings is 5. The summed E-state index contributed by atoms with van der Waals surface area (Å²) in [5.41, 5.74) is 10.2. The number of nitrogens with zero attached hydrogens (tertiary/aromatic N) is 2. The van der Waals surface area contributed by atoms with Crippen molar-refractivity contribution in [1.82, 2.24) is 4.98 Å². The number of hydrogen-bond donors (Lipinski definition) is 0. The molecule has 2 nitrogen and oxygen atoms in total. The Morgan fingerprint density at radius 3 is 2.18 bits per heavy atom. The minimum Gasteiger partial charge on any atom is -0.256 e. The maximum absolute atomic E-state index is 5.17. The van der Waals surface area contributed by atoms with Crippen molar-refractivity contribution in [3.63, 3.8) is 0 Å². The van der Waals surface area contributed by atoms with Crippen molar-refractivity contribution >= 4 is 33.5 Å². The second-order valence-electron chi connectivity index (χ2n) is 10.8. The highest BCUT2D eigenvalue weighted by Gasteiger charge is 2.15. The highest BCUT2D eigenvalue weighted by atomic mass is 32.1. The van der Waals surface area contributed by atoms with Gasteiger partial charge in [-0.2, -0.15) is 0 Å². The quantitative estimate of drug-likeness (QED) is 0.207. The number of aromatic nitrogens is 1. The number of hydrogen-bond acceptors (Lipinski definition) is 3. The molecule has 0 spiro atoms. The fourth-order valence-corrected chi connectivity index (χ4v) is 5.82. The van der Waals surface area contributed by atoms with E-state index in [1.165, 1.54) is 27.0 Å². The van der Waals surface area contributed by atoms with E-state index in [4.69, 9.17) is 9.98 Å². The van der Waals surface area contributed by atoms with Gasteiger partial charge in [0.05, 0.1) is 15.9 Å². The molecule has 5 aromatic carbocycles. The van der Waals surface area contributed by atoms with Crippen LogP contribution in [0.2, 0.25) is 0 Å². The van der Waals surface area contributed by atoms with Crippen LogP contribution in [0, 0.1) is 0 Å². The second kappa shape index (κ2) is 10.4. The van der Waals surface area contributed by atoms with E-state index in [0.717, 1.165) is 32.9 Å². The lowest BCUT2D eigenvalue weighted by Crippen LogP contribution is -2.11. The molecule has 0 aliphatic carbocycles. The van der Waals surface area contributed by atoms with Gasteiger partial charge < -0.3 is 0 Å². The van der Waals surface area contributed by atoms with Crippen LogP contribution in [0.3, 0.4) is 0 Å². The molecule has 0 saturated heterocycles.